The Morgan fingerprint density at radius 3 is 2.43 bits per heavy atom. The molecule has 0 saturated heterocycles. The van der Waals surface area contributed by atoms with Gasteiger partial charge >= 0.3 is 0 Å². The number of aryl methyl sites for hydroxylation is 1. The van der Waals surface area contributed by atoms with Gasteiger partial charge in [0.1, 0.15) is 11.9 Å². The van der Waals surface area contributed by atoms with E-state index in [9.17, 15) is 14.0 Å². The third-order valence-electron chi connectivity index (χ3n) is 5.21. The van der Waals surface area contributed by atoms with Crippen molar-refractivity contribution in [2.24, 2.45) is 0 Å². The molecule has 0 aliphatic rings. The maximum atomic E-state index is 14.3. The van der Waals surface area contributed by atoms with Gasteiger partial charge < -0.3 is 10.2 Å². The SMILES string of the molecule is CCC(C)NC(=O)C(CC)N(Cc1cccc(C)c1)C(=O)Cc1c(F)cccc1Cl. The maximum absolute atomic E-state index is 14.3. The summed E-state index contributed by atoms with van der Waals surface area (Å²) in [5, 5.41) is 3.17. The first-order valence-electron chi connectivity index (χ1n) is 10.3. The van der Waals surface area contributed by atoms with Crippen LogP contribution >= 0.6 is 11.6 Å². The van der Waals surface area contributed by atoms with Gasteiger partial charge in [-0.25, -0.2) is 4.39 Å². The first kappa shape index (κ1) is 23.9. The fourth-order valence-electron chi connectivity index (χ4n) is 3.32. The molecule has 2 aromatic carbocycles. The summed E-state index contributed by atoms with van der Waals surface area (Å²) in [7, 11) is 0. The Bertz CT molecular complexity index is 867. The van der Waals surface area contributed by atoms with Gasteiger partial charge in [-0.3, -0.25) is 9.59 Å². The van der Waals surface area contributed by atoms with Crippen LogP contribution in [0.5, 0.6) is 0 Å². The van der Waals surface area contributed by atoms with E-state index in [0.717, 1.165) is 17.5 Å². The van der Waals surface area contributed by atoms with Crippen LogP contribution in [0.2, 0.25) is 5.02 Å². The van der Waals surface area contributed by atoms with Gasteiger partial charge in [0.25, 0.3) is 0 Å². The Labute approximate surface area is 183 Å². The standard InChI is InChI=1S/C24H30ClFN2O2/c1-5-17(4)27-24(30)22(6-2)28(15-18-10-7-9-16(3)13-18)23(29)14-19-20(25)11-8-12-21(19)26/h7-13,17,22H,5-6,14-15H2,1-4H3,(H,27,30). The fourth-order valence-corrected chi connectivity index (χ4v) is 3.55. The number of hydrogen-bond acceptors (Lipinski definition) is 2. The average molecular weight is 433 g/mol. The number of nitrogens with one attached hydrogen (secondary N) is 1. The molecule has 0 radical (unpaired) electrons. The summed E-state index contributed by atoms with van der Waals surface area (Å²) in [5.41, 5.74) is 2.13. The lowest BCUT2D eigenvalue weighted by Gasteiger charge is -2.31. The van der Waals surface area contributed by atoms with Crippen molar-refractivity contribution in [2.45, 2.75) is 65.6 Å². The molecule has 2 unspecified atom stereocenters. The van der Waals surface area contributed by atoms with Crippen LogP contribution in [0.4, 0.5) is 4.39 Å². The molecule has 2 aromatic rings. The summed E-state index contributed by atoms with van der Waals surface area (Å²) < 4.78 is 14.3. The van der Waals surface area contributed by atoms with E-state index in [1.165, 1.54) is 17.0 Å². The van der Waals surface area contributed by atoms with Gasteiger partial charge in [-0.1, -0.05) is 61.3 Å². The normalized spacial score (nSPS) is 12.9. The van der Waals surface area contributed by atoms with Gasteiger partial charge in [0, 0.05) is 23.2 Å². The molecule has 2 amide bonds. The molecule has 0 saturated carbocycles. The summed E-state index contributed by atoms with van der Waals surface area (Å²) >= 11 is 6.13. The van der Waals surface area contributed by atoms with E-state index in [2.05, 4.69) is 5.32 Å². The molecule has 6 heteroatoms. The van der Waals surface area contributed by atoms with Crippen molar-refractivity contribution in [3.63, 3.8) is 0 Å². The molecular weight excluding hydrogens is 403 g/mol. The number of rotatable bonds is 9. The monoisotopic (exact) mass is 432 g/mol. The van der Waals surface area contributed by atoms with Crippen LogP contribution in [0.1, 0.15) is 50.3 Å². The van der Waals surface area contributed by atoms with Crippen LogP contribution in [-0.2, 0) is 22.6 Å². The third-order valence-corrected chi connectivity index (χ3v) is 5.57. The number of amides is 2. The third kappa shape index (κ3) is 6.30. The van der Waals surface area contributed by atoms with Crippen molar-refractivity contribution in [3.8, 4) is 0 Å². The van der Waals surface area contributed by atoms with Gasteiger partial charge in [0.15, 0.2) is 0 Å². The number of nitrogens with zero attached hydrogens (tertiary/aromatic N) is 1. The molecule has 0 aliphatic carbocycles. The van der Waals surface area contributed by atoms with Crippen LogP contribution in [0, 0.1) is 12.7 Å². The van der Waals surface area contributed by atoms with Crippen molar-refractivity contribution >= 4 is 23.4 Å². The second kappa shape index (κ2) is 11.1. The quantitative estimate of drug-likeness (QED) is 0.602. The number of benzene rings is 2. The van der Waals surface area contributed by atoms with E-state index in [1.807, 2.05) is 52.0 Å². The number of carbonyl (C=O) groups is 2. The van der Waals surface area contributed by atoms with Gasteiger partial charge in [0.2, 0.25) is 11.8 Å². The molecule has 0 aromatic heterocycles. The lowest BCUT2D eigenvalue weighted by atomic mass is 10.0. The van der Waals surface area contributed by atoms with E-state index in [0.29, 0.717) is 6.42 Å². The van der Waals surface area contributed by atoms with Crippen molar-refractivity contribution in [1.29, 1.82) is 0 Å². The van der Waals surface area contributed by atoms with Crippen LogP contribution in [0.3, 0.4) is 0 Å². The summed E-state index contributed by atoms with van der Waals surface area (Å²) in [6, 6.07) is 11.5. The molecule has 2 rings (SSSR count). The predicted molar refractivity (Wildman–Crippen MR) is 119 cm³/mol. The highest BCUT2D eigenvalue weighted by Crippen LogP contribution is 2.22. The van der Waals surface area contributed by atoms with E-state index in [-0.39, 0.29) is 41.4 Å². The fraction of sp³-hybridized carbons (Fsp3) is 0.417. The predicted octanol–water partition coefficient (Wildman–Crippen LogP) is 5.05. The average Bonchev–Trinajstić information content (AvgIpc) is 2.70. The molecule has 0 heterocycles. The van der Waals surface area contributed by atoms with E-state index in [1.54, 1.807) is 6.07 Å². The molecule has 1 N–H and O–H groups in total. The first-order valence-corrected chi connectivity index (χ1v) is 10.7. The second-order valence-corrected chi connectivity index (χ2v) is 8.04. The Hall–Kier alpha value is -2.40. The second-order valence-electron chi connectivity index (χ2n) is 7.63. The highest BCUT2D eigenvalue weighted by molar-refractivity contribution is 6.31. The number of hydrogen-bond donors (Lipinski definition) is 1. The van der Waals surface area contributed by atoms with Crippen molar-refractivity contribution < 1.29 is 14.0 Å². The minimum atomic E-state index is -0.655. The lowest BCUT2D eigenvalue weighted by molar-refractivity contribution is -0.141. The van der Waals surface area contributed by atoms with E-state index < -0.39 is 11.9 Å². The molecule has 0 spiro atoms. The molecular formula is C24H30ClFN2O2. The highest BCUT2D eigenvalue weighted by atomic mass is 35.5. The molecule has 2 atom stereocenters. The number of carbonyl (C=O) groups excluding carboxylic acids is 2. The Kier molecular flexibility index (Phi) is 8.85. The Morgan fingerprint density at radius 1 is 1.13 bits per heavy atom. The largest absolute Gasteiger partial charge is 0.352 e. The summed E-state index contributed by atoms with van der Waals surface area (Å²) in [5.74, 6) is -1.06. The molecule has 162 valence electrons. The van der Waals surface area contributed by atoms with Crippen LogP contribution in [-0.4, -0.2) is 28.8 Å². The highest BCUT2D eigenvalue weighted by Gasteiger charge is 2.30. The minimum absolute atomic E-state index is 0.00323. The topological polar surface area (TPSA) is 49.4 Å². The molecule has 0 aliphatic heterocycles. The van der Waals surface area contributed by atoms with Crippen LogP contribution in [0.25, 0.3) is 0 Å². The van der Waals surface area contributed by atoms with Crippen molar-refractivity contribution in [3.05, 3.63) is 70.0 Å². The Morgan fingerprint density at radius 2 is 1.83 bits per heavy atom. The smallest absolute Gasteiger partial charge is 0.243 e. The van der Waals surface area contributed by atoms with Gasteiger partial charge in [-0.15, -0.1) is 0 Å². The number of halogens is 2. The summed E-state index contributed by atoms with van der Waals surface area (Å²) in [6.07, 6.45) is 1.04. The van der Waals surface area contributed by atoms with E-state index in [4.69, 9.17) is 11.6 Å². The zero-order valence-electron chi connectivity index (χ0n) is 18.0. The van der Waals surface area contributed by atoms with Gasteiger partial charge in [0.05, 0.1) is 6.42 Å². The van der Waals surface area contributed by atoms with Crippen LogP contribution in [0.15, 0.2) is 42.5 Å². The Balaban J connectivity index is 2.35. The summed E-state index contributed by atoms with van der Waals surface area (Å²) in [6.45, 7) is 8.02. The van der Waals surface area contributed by atoms with E-state index >= 15 is 0 Å². The zero-order chi connectivity index (χ0) is 22.3. The molecule has 0 bridgehead atoms. The molecule has 4 nitrogen and oxygen atoms in total. The van der Waals surface area contributed by atoms with Gasteiger partial charge in [-0.2, -0.15) is 0 Å². The van der Waals surface area contributed by atoms with Crippen molar-refractivity contribution in [1.82, 2.24) is 10.2 Å². The molecule has 0 fully saturated rings. The lowest BCUT2D eigenvalue weighted by Crippen LogP contribution is -2.51. The maximum Gasteiger partial charge on any atom is 0.243 e. The first-order chi connectivity index (χ1) is 14.3. The van der Waals surface area contributed by atoms with Gasteiger partial charge in [-0.05, 0) is 44.4 Å². The minimum Gasteiger partial charge on any atom is -0.352 e. The van der Waals surface area contributed by atoms with Crippen molar-refractivity contribution in [2.75, 3.05) is 0 Å². The van der Waals surface area contributed by atoms with Crippen LogP contribution < -0.4 is 5.32 Å². The molecule has 30 heavy (non-hydrogen) atoms. The zero-order valence-corrected chi connectivity index (χ0v) is 18.8. The summed E-state index contributed by atoms with van der Waals surface area (Å²) in [4.78, 5) is 27.8.